The van der Waals surface area contributed by atoms with Crippen LogP contribution in [0.5, 0.6) is 0 Å². The van der Waals surface area contributed by atoms with Crippen LogP contribution in [0.2, 0.25) is 10.0 Å². The van der Waals surface area contributed by atoms with E-state index in [1.165, 1.54) is 25.6 Å². The van der Waals surface area contributed by atoms with Crippen molar-refractivity contribution in [1.29, 1.82) is 0 Å². The summed E-state index contributed by atoms with van der Waals surface area (Å²) < 4.78 is 10.1. The molecule has 0 fully saturated rings. The van der Waals surface area contributed by atoms with Crippen LogP contribution in [0.15, 0.2) is 58.3 Å². The minimum absolute atomic E-state index is 0.231. The van der Waals surface area contributed by atoms with E-state index in [4.69, 9.17) is 32.7 Å². The van der Waals surface area contributed by atoms with E-state index in [9.17, 15) is 14.4 Å². The molecule has 0 unspecified atom stereocenters. The first-order chi connectivity index (χ1) is 15.8. The third-order valence-electron chi connectivity index (χ3n) is 6.08. The van der Waals surface area contributed by atoms with Crippen LogP contribution in [0.25, 0.3) is 0 Å². The highest BCUT2D eigenvalue weighted by atomic mass is 35.5. The Kier molecular flexibility index (Phi) is 6.66. The van der Waals surface area contributed by atoms with Gasteiger partial charge in [-0.25, -0.2) is 4.79 Å². The lowest BCUT2D eigenvalue weighted by Gasteiger charge is -2.39. The van der Waals surface area contributed by atoms with E-state index in [0.717, 1.165) is 4.88 Å². The summed E-state index contributed by atoms with van der Waals surface area (Å²) in [6.07, 6.45) is 0.391. The molecule has 0 amide bonds. The second-order valence-corrected chi connectivity index (χ2v) is 9.58. The van der Waals surface area contributed by atoms with Crippen molar-refractivity contribution in [3.05, 3.63) is 78.7 Å². The fourth-order valence-corrected chi connectivity index (χ4v) is 5.92. The minimum atomic E-state index is -1.05. The smallest absolute Gasteiger partial charge is 0.336 e. The number of benzene rings is 1. The number of dihydropyridines is 1. The summed E-state index contributed by atoms with van der Waals surface area (Å²) in [5.41, 5.74) is 2.23. The summed E-state index contributed by atoms with van der Waals surface area (Å²) in [4.78, 5) is 40.5. The monoisotopic (exact) mass is 505 g/mol. The summed E-state index contributed by atoms with van der Waals surface area (Å²) in [7, 11) is 2.54. The summed E-state index contributed by atoms with van der Waals surface area (Å²) in [6, 6.07) is 8.84. The number of nitrogens with one attached hydrogen (secondary N) is 1. The van der Waals surface area contributed by atoms with Crippen LogP contribution in [-0.4, -0.2) is 31.9 Å². The van der Waals surface area contributed by atoms with Crippen molar-refractivity contribution in [1.82, 2.24) is 5.32 Å². The van der Waals surface area contributed by atoms with Gasteiger partial charge in [-0.1, -0.05) is 41.4 Å². The maximum absolute atomic E-state index is 14.0. The summed E-state index contributed by atoms with van der Waals surface area (Å²) in [5, 5.41) is 5.66. The second-order valence-electron chi connectivity index (χ2n) is 7.81. The van der Waals surface area contributed by atoms with Gasteiger partial charge >= 0.3 is 11.9 Å². The molecule has 9 heteroatoms. The summed E-state index contributed by atoms with van der Waals surface area (Å²) >= 11 is 14.3. The molecule has 3 atom stereocenters. The van der Waals surface area contributed by atoms with Crippen molar-refractivity contribution in [3.8, 4) is 0 Å². The molecule has 0 radical (unpaired) electrons. The normalized spacial score (nSPS) is 22.6. The van der Waals surface area contributed by atoms with Gasteiger partial charge in [0.25, 0.3) is 0 Å². The number of thiophene rings is 1. The van der Waals surface area contributed by atoms with E-state index in [1.54, 1.807) is 25.1 Å². The summed E-state index contributed by atoms with van der Waals surface area (Å²) in [5.74, 6) is -3.92. The number of ketones is 1. The number of Topliss-reactive ketones (excluding diaryl/α,β-unsaturated/α-hetero) is 1. The first kappa shape index (κ1) is 23.5. The van der Waals surface area contributed by atoms with Gasteiger partial charge in [-0.15, -0.1) is 11.3 Å². The number of esters is 2. The minimum Gasteiger partial charge on any atom is -0.468 e. The largest absolute Gasteiger partial charge is 0.468 e. The molecule has 1 aliphatic carbocycles. The third kappa shape index (κ3) is 3.98. The van der Waals surface area contributed by atoms with Gasteiger partial charge in [0, 0.05) is 33.7 Å². The highest BCUT2D eigenvalue weighted by molar-refractivity contribution is 7.10. The fraction of sp³-hybridized carbons (Fsp3) is 0.292. The molecule has 172 valence electrons. The molecule has 2 aliphatic rings. The topological polar surface area (TPSA) is 81.7 Å². The van der Waals surface area contributed by atoms with Gasteiger partial charge in [-0.3, -0.25) is 9.59 Å². The molecule has 1 aromatic carbocycles. The van der Waals surface area contributed by atoms with E-state index in [-0.39, 0.29) is 16.5 Å². The molecule has 0 bridgehead atoms. The zero-order valence-corrected chi connectivity index (χ0v) is 20.4. The van der Waals surface area contributed by atoms with Crippen molar-refractivity contribution in [2.75, 3.05) is 14.2 Å². The lowest BCUT2D eigenvalue weighted by Crippen LogP contribution is -2.43. The Bertz CT molecular complexity index is 1200. The van der Waals surface area contributed by atoms with Crippen molar-refractivity contribution in [2.24, 2.45) is 5.92 Å². The standard InChI is InChI=1S/C24H21Cl2NO5S/c1-11-17(23(29)31-2)18(12-6-4-7-14(25)21(12)26)20-15(27-11)10-13(16-8-5-9-33-16)19(22(20)28)24(30)32-3/h4-9,13,18-19,27H,10H2,1-3H3/t13-,18+,19-/m1/s1. The first-order valence-electron chi connectivity index (χ1n) is 10.2. The Labute approximate surface area is 205 Å². The molecule has 1 N–H and O–H groups in total. The van der Waals surface area contributed by atoms with Crippen LogP contribution in [0.4, 0.5) is 0 Å². The van der Waals surface area contributed by atoms with Gasteiger partial charge in [-0.2, -0.15) is 0 Å². The first-order valence-corrected chi connectivity index (χ1v) is 11.8. The Morgan fingerprint density at radius 2 is 1.88 bits per heavy atom. The Balaban J connectivity index is 1.95. The fourth-order valence-electron chi connectivity index (χ4n) is 4.64. The molecular formula is C24H21Cl2NO5S. The predicted octanol–water partition coefficient (Wildman–Crippen LogP) is 4.99. The zero-order valence-electron chi connectivity index (χ0n) is 18.1. The van der Waals surface area contributed by atoms with Crippen molar-refractivity contribution >= 4 is 52.3 Å². The number of carbonyl (C=O) groups is 3. The Morgan fingerprint density at radius 3 is 2.52 bits per heavy atom. The molecule has 0 saturated heterocycles. The van der Waals surface area contributed by atoms with E-state index >= 15 is 0 Å². The molecule has 2 heterocycles. The van der Waals surface area contributed by atoms with E-state index in [1.807, 2.05) is 17.5 Å². The number of ether oxygens (including phenoxy) is 2. The maximum Gasteiger partial charge on any atom is 0.336 e. The molecule has 4 rings (SSSR count). The number of methoxy groups -OCH3 is 2. The van der Waals surface area contributed by atoms with Gasteiger partial charge in [0.15, 0.2) is 5.78 Å². The molecule has 2 aromatic rings. The average Bonchev–Trinajstić information content (AvgIpc) is 3.34. The molecule has 0 spiro atoms. The van der Waals surface area contributed by atoms with Crippen LogP contribution in [-0.2, 0) is 23.9 Å². The predicted molar refractivity (Wildman–Crippen MR) is 126 cm³/mol. The quantitative estimate of drug-likeness (QED) is 0.465. The Morgan fingerprint density at radius 1 is 1.12 bits per heavy atom. The van der Waals surface area contributed by atoms with Gasteiger partial charge in [-0.05, 0) is 36.4 Å². The number of rotatable bonds is 4. The van der Waals surface area contributed by atoms with Crippen molar-refractivity contribution in [2.45, 2.75) is 25.2 Å². The highest BCUT2D eigenvalue weighted by Crippen LogP contribution is 2.50. The van der Waals surface area contributed by atoms with E-state index in [0.29, 0.717) is 34.0 Å². The van der Waals surface area contributed by atoms with Gasteiger partial charge in [0.2, 0.25) is 0 Å². The number of hydrogen-bond acceptors (Lipinski definition) is 7. The average molecular weight is 506 g/mol. The van der Waals surface area contributed by atoms with Crippen LogP contribution in [0.1, 0.15) is 35.6 Å². The van der Waals surface area contributed by atoms with Crippen molar-refractivity contribution < 1.29 is 23.9 Å². The highest BCUT2D eigenvalue weighted by Gasteiger charge is 2.49. The summed E-state index contributed by atoms with van der Waals surface area (Å²) in [6.45, 7) is 1.75. The van der Waals surface area contributed by atoms with E-state index < -0.39 is 29.6 Å². The molecular weight excluding hydrogens is 485 g/mol. The maximum atomic E-state index is 14.0. The molecule has 1 aliphatic heterocycles. The van der Waals surface area contributed by atoms with Crippen molar-refractivity contribution in [3.63, 3.8) is 0 Å². The molecule has 6 nitrogen and oxygen atoms in total. The number of hydrogen-bond donors (Lipinski definition) is 1. The lowest BCUT2D eigenvalue weighted by molar-refractivity contribution is -0.149. The Hall–Kier alpha value is -2.61. The number of carbonyl (C=O) groups excluding carboxylic acids is 3. The zero-order chi connectivity index (χ0) is 23.9. The lowest BCUT2D eigenvalue weighted by atomic mass is 9.68. The molecule has 0 saturated carbocycles. The number of allylic oxidation sites excluding steroid dienone is 3. The number of halogens is 2. The van der Waals surface area contributed by atoms with Crippen LogP contribution in [0, 0.1) is 5.92 Å². The third-order valence-corrected chi connectivity index (χ3v) is 7.92. The second kappa shape index (κ2) is 9.33. The van der Waals surface area contributed by atoms with Crippen LogP contribution in [0.3, 0.4) is 0 Å². The van der Waals surface area contributed by atoms with Gasteiger partial charge in [0.05, 0.1) is 29.8 Å². The van der Waals surface area contributed by atoms with Gasteiger partial charge < -0.3 is 14.8 Å². The molecule has 33 heavy (non-hydrogen) atoms. The van der Waals surface area contributed by atoms with Crippen LogP contribution < -0.4 is 5.32 Å². The SMILES string of the molecule is COC(=O)C1=C(C)NC2=C(C(=O)[C@H](C(=O)OC)[C@@H](c3cccs3)C2)[C@H]1c1cccc(Cl)c1Cl. The molecule has 1 aromatic heterocycles. The van der Waals surface area contributed by atoms with Gasteiger partial charge in [0.1, 0.15) is 5.92 Å². The van der Waals surface area contributed by atoms with Crippen LogP contribution >= 0.6 is 34.5 Å². The van der Waals surface area contributed by atoms with E-state index in [2.05, 4.69) is 5.32 Å².